The Bertz CT molecular complexity index is 492. The van der Waals surface area contributed by atoms with Crippen LogP contribution in [0, 0.1) is 5.82 Å². The fourth-order valence-electron chi connectivity index (χ4n) is 2.62. The molecule has 1 aromatic carbocycles. The molecule has 0 N–H and O–H groups in total. The van der Waals surface area contributed by atoms with Crippen LogP contribution in [0.2, 0.25) is 0 Å². The first-order chi connectivity index (χ1) is 8.81. The second kappa shape index (κ2) is 5.21. The minimum atomic E-state index is -0.146. The van der Waals surface area contributed by atoms with Crippen molar-refractivity contribution < 1.29 is 4.39 Å². The van der Waals surface area contributed by atoms with Crippen molar-refractivity contribution in [1.29, 1.82) is 0 Å². The van der Waals surface area contributed by atoms with Gasteiger partial charge in [0.15, 0.2) is 0 Å². The van der Waals surface area contributed by atoms with Gasteiger partial charge >= 0.3 is 0 Å². The van der Waals surface area contributed by atoms with Gasteiger partial charge in [-0.1, -0.05) is 12.1 Å². The maximum absolute atomic E-state index is 12.9. The van der Waals surface area contributed by atoms with Crippen LogP contribution in [0.15, 0.2) is 41.1 Å². The normalized spacial score (nSPS) is 20.4. The van der Waals surface area contributed by atoms with Crippen LogP contribution in [0.3, 0.4) is 0 Å². The van der Waals surface area contributed by atoms with Gasteiger partial charge in [-0.25, -0.2) is 4.39 Å². The van der Waals surface area contributed by atoms with Gasteiger partial charge in [0.05, 0.1) is 0 Å². The predicted octanol–water partition coefficient (Wildman–Crippen LogP) is 3.88. The maximum atomic E-state index is 12.9. The first kappa shape index (κ1) is 11.9. The van der Waals surface area contributed by atoms with Gasteiger partial charge in [-0.3, -0.25) is 4.90 Å². The lowest BCUT2D eigenvalue weighted by molar-refractivity contribution is 0.327. The molecule has 1 aliphatic heterocycles. The van der Waals surface area contributed by atoms with Crippen LogP contribution in [0.4, 0.5) is 4.39 Å². The second-order valence-electron chi connectivity index (χ2n) is 4.90. The van der Waals surface area contributed by atoms with Gasteiger partial charge in [-0.05, 0) is 59.0 Å². The molecule has 2 heterocycles. The summed E-state index contributed by atoms with van der Waals surface area (Å²) in [6.45, 7) is 3.26. The molecule has 0 aliphatic carbocycles. The second-order valence-corrected chi connectivity index (χ2v) is 5.68. The number of benzene rings is 1. The maximum Gasteiger partial charge on any atom is 0.123 e. The Kier molecular flexibility index (Phi) is 3.43. The summed E-state index contributed by atoms with van der Waals surface area (Å²) in [5.41, 5.74) is 2.67. The number of hydrogen-bond acceptors (Lipinski definition) is 2. The van der Waals surface area contributed by atoms with Crippen LogP contribution in [0.5, 0.6) is 0 Å². The summed E-state index contributed by atoms with van der Waals surface area (Å²) in [5.74, 6) is 0.413. The van der Waals surface area contributed by atoms with Crippen LogP contribution >= 0.6 is 11.3 Å². The van der Waals surface area contributed by atoms with Crippen molar-refractivity contribution in [3.8, 4) is 0 Å². The van der Waals surface area contributed by atoms with Gasteiger partial charge in [0.2, 0.25) is 0 Å². The van der Waals surface area contributed by atoms with Crippen LogP contribution in [0.1, 0.15) is 23.5 Å². The Morgan fingerprint density at radius 1 is 1.22 bits per heavy atom. The van der Waals surface area contributed by atoms with Crippen molar-refractivity contribution >= 4 is 11.3 Å². The molecule has 94 valence electrons. The zero-order chi connectivity index (χ0) is 12.4. The van der Waals surface area contributed by atoms with Gasteiger partial charge in [0.25, 0.3) is 0 Å². The molecule has 1 nitrogen and oxygen atoms in total. The van der Waals surface area contributed by atoms with E-state index in [0.29, 0.717) is 5.92 Å². The molecule has 0 spiro atoms. The van der Waals surface area contributed by atoms with E-state index >= 15 is 0 Å². The van der Waals surface area contributed by atoms with E-state index in [2.05, 4.69) is 21.7 Å². The van der Waals surface area contributed by atoms with E-state index < -0.39 is 0 Å². The highest BCUT2D eigenvalue weighted by Crippen LogP contribution is 2.28. The standard InChI is InChI=1S/C15H16FNS/c16-15-3-1-13(2-4-15)14-5-7-17(10-14)9-12-6-8-18-11-12/h1-4,6,8,11,14H,5,7,9-10H2. The third kappa shape index (κ3) is 2.62. The minimum absolute atomic E-state index is 0.146. The summed E-state index contributed by atoms with van der Waals surface area (Å²) < 4.78 is 12.9. The average Bonchev–Trinajstić information content (AvgIpc) is 3.02. The quantitative estimate of drug-likeness (QED) is 0.810. The Balaban J connectivity index is 1.63. The molecule has 3 heteroatoms. The van der Waals surface area contributed by atoms with Gasteiger partial charge in [-0.15, -0.1) is 0 Å². The molecule has 3 rings (SSSR count). The molecule has 1 aliphatic rings. The number of thiophene rings is 1. The Hall–Kier alpha value is -1.19. The number of halogens is 1. The third-order valence-electron chi connectivity index (χ3n) is 3.60. The van der Waals surface area contributed by atoms with E-state index in [-0.39, 0.29) is 5.82 Å². The van der Waals surface area contributed by atoms with Crippen LogP contribution in [0.25, 0.3) is 0 Å². The van der Waals surface area contributed by atoms with Crippen LogP contribution < -0.4 is 0 Å². The largest absolute Gasteiger partial charge is 0.298 e. The molecule has 1 atom stereocenters. The van der Waals surface area contributed by atoms with E-state index in [0.717, 1.165) is 19.6 Å². The monoisotopic (exact) mass is 261 g/mol. The van der Waals surface area contributed by atoms with Gasteiger partial charge in [-0.2, -0.15) is 11.3 Å². The lowest BCUT2D eigenvalue weighted by atomic mass is 9.99. The molecule has 1 aromatic heterocycles. The van der Waals surface area contributed by atoms with E-state index in [1.54, 1.807) is 23.5 Å². The van der Waals surface area contributed by atoms with Gasteiger partial charge in [0.1, 0.15) is 5.82 Å². The molecule has 0 radical (unpaired) electrons. The molecule has 0 saturated carbocycles. The summed E-state index contributed by atoms with van der Waals surface area (Å²) in [7, 11) is 0. The zero-order valence-corrected chi connectivity index (χ0v) is 11.0. The summed E-state index contributed by atoms with van der Waals surface area (Å²) in [6, 6.07) is 9.17. The molecular weight excluding hydrogens is 245 g/mol. The fourth-order valence-corrected chi connectivity index (χ4v) is 3.28. The van der Waals surface area contributed by atoms with Crippen molar-refractivity contribution in [2.75, 3.05) is 13.1 Å². The fraction of sp³-hybridized carbons (Fsp3) is 0.333. The van der Waals surface area contributed by atoms with Gasteiger partial charge < -0.3 is 0 Å². The highest BCUT2D eigenvalue weighted by Gasteiger charge is 2.23. The van der Waals surface area contributed by atoms with Crippen molar-refractivity contribution in [1.82, 2.24) is 4.90 Å². The first-order valence-electron chi connectivity index (χ1n) is 6.30. The Labute approximate surface area is 111 Å². The van der Waals surface area contributed by atoms with E-state index in [1.807, 2.05) is 12.1 Å². The highest BCUT2D eigenvalue weighted by atomic mass is 32.1. The Morgan fingerprint density at radius 2 is 2.06 bits per heavy atom. The molecule has 18 heavy (non-hydrogen) atoms. The van der Waals surface area contributed by atoms with Crippen molar-refractivity contribution in [3.63, 3.8) is 0 Å². The summed E-state index contributed by atoms with van der Waals surface area (Å²) in [5, 5.41) is 4.34. The van der Waals surface area contributed by atoms with E-state index in [1.165, 1.54) is 17.5 Å². The van der Waals surface area contributed by atoms with Crippen LogP contribution in [-0.4, -0.2) is 18.0 Å². The zero-order valence-electron chi connectivity index (χ0n) is 10.2. The topological polar surface area (TPSA) is 3.24 Å². The smallest absolute Gasteiger partial charge is 0.123 e. The number of hydrogen-bond donors (Lipinski definition) is 0. The van der Waals surface area contributed by atoms with E-state index in [4.69, 9.17) is 0 Å². The first-order valence-corrected chi connectivity index (χ1v) is 7.24. The van der Waals surface area contributed by atoms with Crippen molar-refractivity contribution in [2.24, 2.45) is 0 Å². The third-order valence-corrected chi connectivity index (χ3v) is 4.33. The number of nitrogens with zero attached hydrogens (tertiary/aromatic N) is 1. The van der Waals surface area contributed by atoms with Crippen LogP contribution in [-0.2, 0) is 6.54 Å². The van der Waals surface area contributed by atoms with Crippen molar-refractivity contribution in [3.05, 3.63) is 58.0 Å². The summed E-state index contributed by atoms with van der Waals surface area (Å²) >= 11 is 1.75. The van der Waals surface area contributed by atoms with Crippen molar-refractivity contribution in [2.45, 2.75) is 18.9 Å². The van der Waals surface area contributed by atoms with E-state index in [9.17, 15) is 4.39 Å². The minimum Gasteiger partial charge on any atom is -0.298 e. The average molecular weight is 261 g/mol. The molecular formula is C15H16FNS. The SMILES string of the molecule is Fc1ccc(C2CCN(Cc3ccsc3)C2)cc1. The highest BCUT2D eigenvalue weighted by molar-refractivity contribution is 7.07. The predicted molar refractivity (Wildman–Crippen MR) is 73.4 cm³/mol. The molecule has 0 amide bonds. The number of rotatable bonds is 3. The molecule has 0 bridgehead atoms. The van der Waals surface area contributed by atoms with Gasteiger partial charge in [0, 0.05) is 13.1 Å². The summed E-state index contributed by atoms with van der Waals surface area (Å²) in [4.78, 5) is 2.48. The lowest BCUT2D eigenvalue weighted by Crippen LogP contribution is -2.19. The molecule has 1 fully saturated rings. The Morgan fingerprint density at radius 3 is 2.78 bits per heavy atom. The lowest BCUT2D eigenvalue weighted by Gasteiger charge is -2.15. The number of likely N-dealkylation sites (tertiary alicyclic amines) is 1. The summed E-state index contributed by atoms with van der Waals surface area (Å²) in [6.07, 6.45) is 1.18. The molecule has 1 saturated heterocycles. The molecule has 1 unspecified atom stereocenters. The molecule has 2 aromatic rings.